The summed E-state index contributed by atoms with van der Waals surface area (Å²) in [6.07, 6.45) is 1.94. The van der Waals surface area contributed by atoms with Crippen LogP contribution in [0, 0.1) is 5.82 Å². The van der Waals surface area contributed by atoms with Gasteiger partial charge >= 0.3 is 5.97 Å². The highest BCUT2D eigenvalue weighted by Gasteiger charge is 2.20. The molecule has 4 heteroatoms. The zero-order chi connectivity index (χ0) is 10.8. The van der Waals surface area contributed by atoms with Crippen molar-refractivity contribution in [1.29, 1.82) is 0 Å². The predicted molar refractivity (Wildman–Crippen MR) is 53.3 cm³/mol. The van der Waals surface area contributed by atoms with E-state index >= 15 is 0 Å². The van der Waals surface area contributed by atoms with Crippen LogP contribution in [-0.4, -0.2) is 17.6 Å². The van der Waals surface area contributed by atoms with Gasteiger partial charge in [-0.1, -0.05) is 6.07 Å². The van der Waals surface area contributed by atoms with Crippen molar-refractivity contribution in [1.82, 2.24) is 5.32 Å². The molecule has 0 amide bonds. The Hall–Kier alpha value is -1.42. The van der Waals surface area contributed by atoms with E-state index in [-0.39, 0.29) is 11.6 Å². The first kappa shape index (κ1) is 10.1. The topological polar surface area (TPSA) is 49.3 Å². The number of carbonyl (C=O) groups is 1. The number of aromatic carboxylic acids is 1. The van der Waals surface area contributed by atoms with Gasteiger partial charge < -0.3 is 10.4 Å². The smallest absolute Gasteiger partial charge is 0.335 e. The summed E-state index contributed by atoms with van der Waals surface area (Å²) >= 11 is 0. The number of carboxylic acid groups (broad SMARTS) is 1. The molecule has 3 nitrogen and oxygen atoms in total. The van der Waals surface area contributed by atoms with Gasteiger partial charge in [-0.2, -0.15) is 0 Å². The van der Waals surface area contributed by atoms with E-state index < -0.39 is 11.8 Å². The van der Waals surface area contributed by atoms with E-state index in [1.807, 2.05) is 0 Å². The lowest BCUT2D eigenvalue weighted by Gasteiger charge is -2.11. The molecule has 0 unspecified atom stereocenters. The fourth-order valence-corrected chi connectivity index (χ4v) is 1.89. The molecule has 1 aromatic rings. The number of carboxylic acids is 1. The largest absolute Gasteiger partial charge is 0.478 e. The highest BCUT2D eigenvalue weighted by molar-refractivity contribution is 5.87. The second kappa shape index (κ2) is 3.98. The Labute approximate surface area is 86.9 Å². The van der Waals surface area contributed by atoms with Crippen LogP contribution in [0.4, 0.5) is 4.39 Å². The van der Waals surface area contributed by atoms with Crippen LogP contribution in [0.3, 0.4) is 0 Å². The summed E-state index contributed by atoms with van der Waals surface area (Å²) < 4.78 is 13.6. The van der Waals surface area contributed by atoms with Crippen LogP contribution in [0.2, 0.25) is 0 Å². The number of hydrogen-bond acceptors (Lipinski definition) is 2. The van der Waals surface area contributed by atoms with Crippen molar-refractivity contribution in [2.75, 3.05) is 6.54 Å². The number of benzene rings is 1. The van der Waals surface area contributed by atoms with Crippen molar-refractivity contribution in [3.63, 3.8) is 0 Å². The summed E-state index contributed by atoms with van der Waals surface area (Å²) in [5.74, 6) is -1.53. The average molecular weight is 209 g/mol. The van der Waals surface area contributed by atoms with Gasteiger partial charge in [-0.15, -0.1) is 0 Å². The molecule has 1 aliphatic heterocycles. The highest BCUT2D eigenvalue weighted by atomic mass is 19.1. The number of hydrogen-bond donors (Lipinski definition) is 2. The third-order valence-electron chi connectivity index (χ3n) is 2.68. The first-order valence-corrected chi connectivity index (χ1v) is 4.94. The molecule has 0 aliphatic carbocycles. The number of halogens is 1. The fraction of sp³-hybridized carbons (Fsp3) is 0.364. The predicted octanol–water partition coefficient (Wildman–Crippen LogP) is 1.95. The highest BCUT2D eigenvalue weighted by Crippen LogP contribution is 2.25. The van der Waals surface area contributed by atoms with Gasteiger partial charge in [0.25, 0.3) is 0 Å². The first-order chi connectivity index (χ1) is 7.18. The normalized spacial score (nSPS) is 20.5. The summed E-state index contributed by atoms with van der Waals surface area (Å²) in [6, 6.07) is 4.12. The van der Waals surface area contributed by atoms with Gasteiger partial charge in [-0.3, -0.25) is 0 Å². The molecular weight excluding hydrogens is 197 g/mol. The second-order valence-electron chi connectivity index (χ2n) is 3.69. The van der Waals surface area contributed by atoms with E-state index in [0.717, 1.165) is 25.5 Å². The van der Waals surface area contributed by atoms with E-state index in [1.54, 1.807) is 6.07 Å². The van der Waals surface area contributed by atoms with E-state index in [4.69, 9.17) is 5.11 Å². The quantitative estimate of drug-likeness (QED) is 0.782. The summed E-state index contributed by atoms with van der Waals surface area (Å²) in [6.45, 7) is 0.894. The SMILES string of the molecule is O=C(O)c1ccc([C@H]2CCCN2)c(F)c1. The molecule has 0 saturated carbocycles. The number of rotatable bonds is 2. The third-order valence-corrected chi connectivity index (χ3v) is 2.68. The Bertz CT molecular complexity index is 386. The van der Waals surface area contributed by atoms with Crippen molar-refractivity contribution in [2.45, 2.75) is 18.9 Å². The van der Waals surface area contributed by atoms with Crippen molar-refractivity contribution >= 4 is 5.97 Å². The van der Waals surface area contributed by atoms with Gasteiger partial charge in [-0.05, 0) is 31.5 Å². The summed E-state index contributed by atoms with van der Waals surface area (Å²) in [4.78, 5) is 10.6. The average Bonchev–Trinajstić information content (AvgIpc) is 2.70. The van der Waals surface area contributed by atoms with Crippen molar-refractivity contribution in [2.24, 2.45) is 0 Å². The van der Waals surface area contributed by atoms with Crippen LogP contribution in [0.25, 0.3) is 0 Å². The third kappa shape index (κ3) is 1.99. The Morgan fingerprint density at radius 3 is 2.87 bits per heavy atom. The molecule has 0 bridgehead atoms. The molecule has 2 N–H and O–H groups in total. The molecule has 1 saturated heterocycles. The summed E-state index contributed by atoms with van der Waals surface area (Å²) in [7, 11) is 0. The van der Waals surface area contributed by atoms with Crippen LogP contribution in [-0.2, 0) is 0 Å². The first-order valence-electron chi connectivity index (χ1n) is 4.94. The van der Waals surface area contributed by atoms with Crippen molar-refractivity contribution in [3.05, 3.63) is 35.1 Å². The van der Waals surface area contributed by atoms with Gasteiger partial charge in [0.2, 0.25) is 0 Å². The molecule has 1 aliphatic rings. The molecule has 0 aromatic heterocycles. The molecule has 80 valence electrons. The zero-order valence-corrected chi connectivity index (χ0v) is 8.16. The molecule has 1 heterocycles. The van der Waals surface area contributed by atoms with Gasteiger partial charge in [0, 0.05) is 11.6 Å². The van der Waals surface area contributed by atoms with E-state index in [9.17, 15) is 9.18 Å². The Balaban J connectivity index is 2.29. The summed E-state index contributed by atoms with van der Waals surface area (Å²) in [5.41, 5.74) is 0.562. The maximum atomic E-state index is 13.6. The monoisotopic (exact) mass is 209 g/mol. The van der Waals surface area contributed by atoms with E-state index in [2.05, 4.69) is 5.32 Å². The van der Waals surface area contributed by atoms with Crippen LogP contribution in [0.15, 0.2) is 18.2 Å². The minimum absolute atomic E-state index is 0.00533. The molecular formula is C11H12FNO2. The van der Waals surface area contributed by atoms with Crippen LogP contribution in [0.1, 0.15) is 34.8 Å². The Morgan fingerprint density at radius 2 is 2.33 bits per heavy atom. The molecule has 1 aromatic carbocycles. The fourth-order valence-electron chi connectivity index (χ4n) is 1.89. The lowest BCUT2D eigenvalue weighted by molar-refractivity contribution is 0.0696. The van der Waals surface area contributed by atoms with Crippen molar-refractivity contribution in [3.8, 4) is 0 Å². The standard InChI is InChI=1S/C11H12FNO2/c12-9-6-7(11(14)15)3-4-8(9)10-2-1-5-13-10/h3-4,6,10,13H,1-2,5H2,(H,14,15)/t10-/m1/s1. The maximum absolute atomic E-state index is 13.6. The molecule has 0 radical (unpaired) electrons. The molecule has 0 spiro atoms. The zero-order valence-electron chi connectivity index (χ0n) is 8.16. The van der Waals surface area contributed by atoms with Gasteiger partial charge in [0.05, 0.1) is 5.56 Å². The molecule has 1 atom stereocenters. The Morgan fingerprint density at radius 1 is 1.53 bits per heavy atom. The number of nitrogens with one attached hydrogen (secondary N) is 1. The minimum Gasteiger partial charge on any atom is -0.478 e. The Kier molecular flexibility index (Phi) is 2.68. The van der Waals surface area contributed by atoms with Crippen LogP contribution in [0.5, 0.6) is 0 Å². The molecule has 15 heavy (non-hydrogen) atoms. The van der Waals surface area contributed by atoms with Gasteiger partial charge in [0.1, 0.15) is 5.82 Å². The van der Waals surface area contributed by atoms with Gasteiger partial charge in [-0.25, -0.2) is 9.18 Å². The molecule has 2 rings (SSSR count). The lowest BCUT2D eigenvalue weighted by atomic mass is 10.0. The van der Waals surface area contributed by atoms with E-state index in [1.165, 1.54) is 6.07 Å². The summed E-state index contributed by atoms with van der Waals surface area (Å²) in [5, 5.41) is 11.9. The second-order valence-corrected chi connectivity index (χ2v) is 3.69. The maximum Gasteiger partial charge on any atom is 0.335 e. The minimum atomic E-state index is -1.10. The molecule has 1 fully saturated rings. The van der Waals surface area contributed by atoms with Gasteiger partial charge in [0.15, 0.2) is 0 Å². The lowest BCUT2D eigenvalue weighted by Crippen LogP contribution is -2.14. The van der Waals surface area contributed by atoms with Crippen LogP contribution < -0.4 is 5.32 Å². The van der Waals surface area contributed by atoms with E-state index in [0.29, 0.717) is 5.56 Å². The van der Waals surface area contributed by atoms with Crippen LogP contribution >= 0.6 is 0 Å². The van der Waals surface area contributed by atoms with Crippen molar-refractivity contribution < 1.29 is 14.3 Å².